The third kappa shape index (κ3) is 4.47. The van der Waals surface area contributed by atoms with Crippen molar-refractivity contribution >= 4 is 11.3 Å². The summed E-state index contributed by atoms with van der Waals surface area (Å²) in [6.45, 7) is 6.94. The van der Waals surface area contributed by atoms with Crippen molar-refractivity contribution in [3.05, 3.63) is 20.7 Å². The molecule has 1 rings (SSSR count). The fraction of sp³-hybridized carbons (Fsp3) is 0.727. The highest BCUT2D eigenvalue weighted by atomic mass is 32.1. The summed E-state index contributed by atoms with van der Waals surface area (Å²) in [4.78, 5) is 13.7. The minimum atomic E-state index is -0.117. The van der Waals surface area contributed by atoms with Gasteiger partial charge in [0.1, 0.15) is 0 Å². The highest BCUT2D eigenvalue weighted by Gasteiger charge is 2.19. The van der Waals surface area contributed by atoms with Crippen molar-refractivity contribution in [1.29, 1.82) is 0 Å². The lowest BCUT2D eigenvalue weighted by Gasteiger charge is -2.27. The van der Waals surface area contributed by atoms with Crippen molar-refractivity contribution < 1.29 is 4.74 Å². The maximum absolute atomic E-state index is 10.9. The first-order valence-electron chi connectivity index (χ1n) is 5.38. The zero-order valence-electron chi connectivity index (χ0n) is 10.3. The number of ether oxygens (including phenoxy) is 1. The van der Waals surface area contributed by atoms with Crippen LogP contribution in [0.4, 0.5) is 0 Å². The van der Waals surface area contributed by atoms with Gasteiger partial charge in [-0.25, -0.2) is 0 Å². The summed E-state index contributed by atoms with van der Waals surface area (Å²) in [5.41, 5.74) is 0.825. The molecule has 1 atom stereocenters. The number of H-pyrrole nitrogens is 1. The number of hydrogen-bond donors (Lipinski definition) is 2. The van der Waals surface area contributed by atoms with Crippen LogP contribution in [-0.4, -0.2) is 23.7 Å². The van der Waals surface area contributed by atoms with E-state index < -0.39 is 0 Å². The molecule has 0 amide bonds. The molecule has 1 heterocycles. The predicted octanol–water partition coefficient (Wildman–Crippen LogP) is 1.73. The monoisotopic (exact) mass is 244 g/mol. The van der Waals surface area contributed by atoms with Crippen LogP contribution in [0.5, 0.6) is 0 Å². The number of methoxy groups -OCH3 is 1. The number of nitrogens with one attached hydrogen (secondary N) is 2. The van der Waals surface area contributed by atoms with Gasteiger partial charge in [0.2, 0.25) is 0 Å². The normalized spacial score (nSPS) is 14.0. The van der Waals surface area contributed by atoms with Crippen LogP contribution in [-0.2, 0) is 11.3 Å². The lowest BCUT2D eigenvalue weighted by Crippen LogP contribution is -2.35. The summed E-state index contributed by atoms with van der Waals surface area (Å²) in [6.07, 6.45) is 0.928. The van der Waals surface area contributed by atoms with Crippen LogP contribution in [0.15, 0.2) is 10.2 Å². The van der Waals surface area contributed by atoms with Crippen LogP contribution in [0.3, 0.4) is 0 Å². The number of aromatic nitrogens is 1. The van der Waals surface area contributed by atoms with E-state index in [9.17, 15) is 4.79 Å². The Labute approximate surface area is 100 Å². The van der Waals surface area contributed by atoms with Crippen molar-refractivity contribution in [2.45, 2.75) is 45.4 Å². The van der Waals surface area contributed by atoms with Gasteiger partial charge in [0.15, 0.2) is 0 Å². The molecule has 0 saturated heterocycles. The molecule has 1 unspecified atom stereocenters. The Morgan fingerprint density at radius 2 is 2.31 bits per heavy atom. The molecule has 0 bridgehead atoms. The topological polar surface area (TPSA) is 54.1 Å². The summed E-state index contributed by atoms with van der Waals surface area (Å²) in [5.74, 6) is 0. The minimum absolute atomic E-state index is 0.00155. The third-order valence-electron chi connectivity index (χ3n) is 2.56. The SMILES string of the molecule is COC(C)(C)CC(C)NCc1csc(=O)[nH]1. The average molecular weight is 244 g/mol. The molecule has 0 aliphatic heterocycles. The van der Waals surface area contributed by atoms with Gasteiger partial charge in [-0.1, -0.05) is 11.3 Å². The summed E-state index contributed by atoms with van der Waals surface area (Å²) in [5, 5.41) is 5.21. The van der Waals surface area contributed by atoms with E-state index in [-0.39, 0.29) is 10.5 Å². The first kappa shape index (κ1) is 13.4. The van der Waals surface area contributed by atoms with Crippen LogP contribution in [0.1, 0.15) is 32.9 Å². The molecule has 0 radical (unpaired) electrons. The van der Waals surface area contributed by atoms with Crippen molar-refractivity contribution in [2.75, 3.05) is 7.11 Å². The van der Waals surface area contributed by atoms with Gasteiger partial charge >= 0.3 is 4.87 Å². The summed E-state index contributed by atoms with van der Waals surface area (Å²) >= 11 is 1.20. The third-order valence-corrected chi connectivity index (χ3v) is 3.28. The van der Waals surface area contributed by atoms with E-state index in [0.717, 1.165) is 12.1 Å². The van der Waals surface area contributed by atoms with Gasteiger partial charge < -0.3 is 15.0 Å². The van der Waals surface area contributed by atoms with Crippen molar-refractivity contribution in [3.63, 3.8) is 0 Å². The Balaban J connectivity index is 2.35. The van der Waals surface area contributed by atoms with Gasteiger partial charge in [0.25, 0.3) is 0 Å². The second-order valence-corrected chi connectivity index (χ2v) is 5.47. The van der Waals surface area contributed by atoms with Gasteiger partial charge in [-0.15, -0.1) is 0 Å². The number of hydrogen-bond acceptors (Lipinski definition) is 4. The molecule has 4 nitrogen and oxygen atoms in total. The van der Waals surface area contributed by atoms with Crippen molar-refractivity contribution in [2.24, 2.45) is 0 Å². The van der Waals surface area contributed by atoms with Crippen LogP contribution >= 0.6 is 11.3 Å². The van der Waals surface area contributed by atoms with Crippen LogP contribution in [0.2, 0.25) is 0 Å². The summed E-state index contributed by atoms with van der Waals surface area (Å²) < 4.78 is 5.37. The van der Waals surface area contributed by atoms with E-state index in [1.807, 2.05) is 5.38 Å². The molecule has 1 aromatic heterocycles. The van der Waals surface area contributed by atoms with E-state index in [1.54, 1.807) is 7.11 Å². The van der Waals surface area contributed by atoms with Crippen LogP contribution in [0, 0.1) is 0 Å². The smallest absolute Gasteiger partial charge is 0.304 e. The van der Waals surface area contributed by atoms with E-state index in [1.165, 1.54) is 11.3 Å². The first-order chi connectivity index (χ1) is 7.43. The molecule has 2 N–H and O–H groups in total. The molecule has 0 fully saturated rings. The van der Waals surface area contributed by atoms with Gasteiger partial charge in [-0.05, 0) is 27.2 Å². The summed E-state index contributed by atoms with van der Waals surface area (Å²) in [7, 11) is 1.73. The highest BCUT2D eigenvalue weighted by molar-refractivity contribution is 7.07. The fourth-order valence-electron chi connectivity index (χ4n) is 1.58. The lowest BCUT2D eigenvalue weighted by atomic mass is 10.00. The second-order valence-electron chi connectivity index (χ2n) is 4.62. The maximum atomic E-state index is 10.9. The molecule has 5 heteroatoms. The Hall–Kier alpha value is -0.650. The van der Waals surface area contributed by atoms with Crippen molar-refractivity contribution in [3.8, 4) is 0 Å². The summed E-state index contributed by atoms with van der Waals surface area (Å²) in [6, 6.07) is 0.346. The maximum Gasteiger partial charge on any atom is 0.304 e. The molecule has 0 aliphatic rings. The molecule has 1 aromatic rings. The number of rotatable bonds is 6. The minimum Gasteiger partial charge on any atom is -0.379 e. The quantitative estimate of drug-likeness (QED) is 0.801. The molecular weight excluding hydrogens is 224 g/mol. The van der Waals surface area contributed by atoms with Crippen LogP contribution in [0.25, 0.3) is 0 Å². The molecule has 92 valence electrons. The van der Waals surface area contributed by atoms with E-state index in [2.05, 4.69) is 31.1 Å². The predicted molar refractivity (Wildman–Crippen MR) is 66.9 cm³/mol. The molecule has 0 spiro atoms. The molecular formula is C11H20N2O2S. The zero-order valence-corrected chi connectivity index (χ0v) is 11.1. The average Bonchev–Trinajstić information content (AvgIpc) is 2.61. The Bertz CT molecular complexity index is 370. The van der Waals surface area contributed by atoms with Crippen LogP contribution < -0.4 is 10.2 Å². The van der Waals surface area contributed by atoms with E-state index in [4.69, 9.17) is 4.74 Å². The zero-order chi connectivity index (χ0) is 12.2. The Morgan fingerprint density at radius 1 is 1.62 bits per heavy atom. The van der Waals surface area contributed by atoms with Gasteiger partial charge in [0.05, 0.1) is 5.60 Å². The number of thiazole rings is 1. The molecule has 0 aromatic carbocycles. The fourth-order valence-corrected chi connectivity index (χ4v) is 2.16. The van der Waals surface area contributed by atoms with Gasteiger partial charge in [-0.3, -0.25) is 4.79 Å². The second kappa shape index (κ2) is 5.61. The number of aromatic amines is 1. The lowest BCUT2D eigenvalue weighted by molar-refractivity contribution is 0.00842. The standard InChI is InChI=1S/C11H20N2O2S/c1-8(5-11(2,3)15-4)12-6-9-7-16-10(14)13-9/h7-8,12H,5-6H2,1-4H3,(H,13,14). The van der Waals surface area contributed by atoms with Crippen molar-refractivity contribution in [1.82, 2.24) is 10.3 Å². The largest absolute Gasteiger partial charge is 0.379 e. The molecule has 0 saturated carbocycles. The molecule has 0 aliphatic carbocycles. The Kier molecular flexibility index (Phi) is 4.70. The molecule has 16 heavy (non-hydrogen) atoms. The van der Waals surface area contributed by atoms with E-state index in [0.29, 0.717) is 12.6 Å². The van der Waals surface area contributed by atoms with Gasteiger partial charge in [-0.2, -0.15) is 0 Å². The Morgan fingerprint density at radius 3 is 2.81 bits per heavy atom. The van der Waals surface area contributed by atoms with E-state index >= 15 is 0 Å². The first-order valence-corrected chi connectivity index (χ1v) is 6.26. The van der Waals surface area contributed by atoms with Gasteiger partial charge in [0, 0.05) is 30.8 Å². The highest BCUT2D eigenvalue weighted by Crippen LogP contribution is 2.15.